The molecule has 2 N–H and O–H groups in total. The Hall–Kier alpha value is -2.00. The summed E-state index contributed by atoms with van der Waals surface area (Å²) in [7, 11) is 2.08. The van der Waals surface area contributed by atoms with Gasteiger partial charge in [-0.05, 0) is 68.1 Å². The fraction of sp³-hybridized carbons (Fsp3) is 0.368. The van der Waals surface area contributed by atoms with Crippen molar-refractivity contribution in [2.45, 2.75) is 40.8 Å². The van der Waals surface area contributed by atoms with Crippen molar-refractivity contribution in [1.29, 1.82) is 0 Å². The van der Waals surface area contributed by atoms with Crippen molar-refractivity contribution in [1.82, 2.24) is 4.90 Å². The third kappa shape index (κ3) is 3.60. The number of benzene rings is 2. The average Bonchev–Trinajstić information content (AvgIpc) is 2.41. The average molecular weight is 299 g/mol. The normalized spacial score (nSPS) is 11.2. The fourth-order valence-corrected chi connectivity index (χ4v) is 2.95. The maximum Gasteiger partial charge on any atom is 0.121 e. The summed E-state index contributed by atoms with van der Waals surface area (Å²) in [6, 6.07) is 8.14. The minimum absolute atomic E-state index is 0.385. The Morgan fingerprint density at radius 1 is 0.682 bits per heavy atom. The molecular formula is C19H25NO2. The molecule has 0 atom stereocenters. The van der Waals surface area contributed by atoms with Crippen LogP contribution in [-0.4, -0.2) is 22.2 Å². The molecule has 3 nitrogen and oxygen atoms in total. The summed E-state index contributed by atoms with van der Waals surface area (Å²) in [5, 5.41) is 19.7. The molecule has 118 valence electrons. The topological polar surface area (TPSA) is 43.7 Å². The molecule has 2 rings (SSSR count). The Morgan fingerprint density at radius 3 is 1.23 bits per heavy atom. The molecule has 2 aromatic rings. The second-order valence-corrected chi connectivity index (χ2v) is 6.33. The van der Waals surface area contributed by atoms with Crippen LogP contribution in [0.25, 0.3) is 0 Å². The maximum atomic E-state index is 9.85. The monoisotopic (exact) mass is 299 g/mol. The van der Waals surface area contributed by atoms with Gasteiger partial charge in [-0.1, -0.05) is 24.3 Å². The minimum atomic E-state index is 0.385. The predicted octanol–water partition coefficient (Wildman–Crippen LogP) is 3.96. The summed E-state index contributed by atoms with van der Waals surface area (Å²) in [5.41, 5.74) is 6.06. The lowest BCUT2D eigenvalue weighted by atomic mass is 10.0. The van der Waals surface area contributed by atoms with Gasteiger partial charge in [-0.3, -0.25) is 4.90 Å². The van der Waals surface area contributed by atoms with Gasteiger partial charge in [0.15, 0.2) is 0 Å². The summed E-state index contributed by atoms with van der Waals surface area (Å²) in [6.07, 6.45) is 0. The molecule has 0 radical (unpaired) electrons. The molecule has 0 bridgehead atoms. The zero-order valence-electron chi connectivity index (χ0n) is 14.1. The Morgan fingerprint density at radius 2 is 0.955 bits per heavy atom. The molecule has 0 aliphatic carbocycles. The lowest BCUT2D eigenvalue weighted by Crippen LogP contribution is -2.17. The molecule has 2 aromatic carbocycles. The van der Waals surface area contributed by atoms with E-state index in [2.05, 4.69) is 11.9 Å². The second kappa shape index (κ2) is 6.41. The van der Waals surface area contributed by atoms with Gasteiger partial charge in [0.1, 0.15) is 11.5 Å². The maximum absolute atomic E-state index is 9.85. The molecule has 0 amide bonds. The largest absolute Gasteiger partial charge is 0.507 e. The van der Waals surface area contributed by atoms with Crippen molar-refractivity contribution in [3.05, 3.63) is 57.6 Å². The minimum Gasteiger partial charge on any atom is -0.507 e. The molecule has 0 unspecified atom stereocenters. The van der Waals surface area contributed by atoms with Crippen LogP contribution in [-0.2, 0) is 13.1 Å². The fourth-order valence-electron chi connectivity index (χ4n) is 2.95. The molecule has 0 aromatic heterocycles. The Bertz CT molecular complexity index is 586. The van der Waals surface area contributed by atoms with Gasteiger partial charge in [-0.25, -0.2) is 0 Å². The van der Waals surface area contributed by atoms with Crippen LogP contribution in [0.4, 0.5) is 0 Å². The highest BCUT2D eigenvalue weighted by Crippen LogP contribution is 2.25. The zero-order chi connectivity index (χ0) is 16.4. The number of phenols is 2. The lowest BCUT2D eigenvalue weighted by Gasteiger charge is -2.19. The van der Waals surface area contributed by atoms with Gasteiger partial charge in [0.05, 0.1) is 0 Å². The van der Waals surface area contributed by atoms with Crippen molar-refractivity contribution < 1.29 is 10.2 Å². The van der Waals surface area contributed by atoms with Gasteiger partial charge in [0, 0.05) is 13.1 Å². The molecule has 0 aliphatic rings. The first-order valence-corrected chi connectivity index (χ1v) is 7.54. The number of nitrogens with zero attached hydrogens (tertiary/aromatic N) is 1. The predicted molar refractivity (Wildman–Crippen MR) is 90.3 cm³/mol. The van der Waals surface area contributed by atoms with Crippen LogP contribution < -0.4 is 0 Å². The third-order valence-corrected chi connectivity index (χ3v) is 4.01. The van der Waals surface area contributed by atoms with Crippen LogP contribution in [0.3, 0.4) is 0 Å². The molecule has 22 heavy (non-hydrogen) atoms. The van der Waals surface area contributed by atoms with Gasteiger partial charge in [-0.2, -0.15) is 0 Å². The molecular weight excluding hydrogens is 274 g/mol. The number of aryl methyl sites for hydroxylation is 4. The van der Waals surface area contributed by atoms with Crippen LogP contribution in [0, 0.1) is 27.7 Å². The highest BCUT2D eigenvalue weighted by atomic mass is 16.3. The van der Waals surface area contributed by atoms with E-state index < -0.39 is 0 Å². The SMILES string of the molecule is Cc1cc(CN(C)Cc2cc(C)c(O)c(C)c2)cc(C)c1O. The number of aromatic hydroxyl groups is 2. The smallest absolute Gasteiger partial charge is 0.121 e. The summed E-state index contributed by atoms with van der Waals surface area (Å²) < 4.78 is 0. The van der Waals surface area contributed by atoms with E-state index >= 15 is 0 Å². The van der Waals surface area contributed by atoms with Crippen LogP contribution in [0.1, 0.15) is 33.4 Å². The standard InChI is InChI=1S/C19H25NO2/c1-12-6-16(7-13(2)18(12)21)10-20(5)11-17-8-14(3)19(22)15(4)9-17/h6-9,21-22H,10-11H2,1-5H3. The molecule has 0 heterocycles. The number of hydrogen-bond acceptors (Lipinski definition) is 3. The summed E-state index contributed by atoms with van der Waals surface area (Å²) >= 11 is 0. The highest BCUT2D eigenvalue weighted by Gasteiger charge is 2.08. The first-order valence-electron chi connectivity index (χ1n) is 7.54. The summed E-state index contributed by atoms with van der Waals surface area (Å²) in [6.45, 7) is 9.36. The first kappa shape index (κ1) is 16.4. The van der Waals surface area contributed by atoms with Crippen molar-refractivity contribution in [3.63, 3.8) is 0 Å². The molecule has 0 saturated heterocycles. The van der Waals surface area contributed by atoms with Crippen LogP contribution in [0.15, 0.2) is 24.3 Å². The van der Waals surface area contributed by atoms with Crippen molar-refractivity contribution in [2.24, 2.45) is 0 Å². The van der Waals surface area contributed by atoms with Crippen molar-refractivity contribution >= 4 is 0 Å². The molecule has 3 heteroatoms. The first-order chi connectivity index (χ1) is 10.3. The van der Waals surface area contributed by atoms with Gasteiger partial charge in [-0.15, -0.1) is 0 Å². The molecule has 0 fully saturated rings. The van der Waals surface area contributed by atoms with E-state index in [0.717, 1.165) is 35.3 Å². The van der Waals surface area contributed by atoms with E-state index in [1.54, 1.807) is 0 Å². The van der Waals surface area contributed by atoms with E-state index in [-0.39, 0.29) is 0 Å². The number of hydrogen-bond donors (Lipinski definition) is 2. The van der Waals surface area contributed by atoms with Gasteiger partial charge >= 0.3 is 0 Å². The van der Waals surface area contributed by atoms with Gasteiger partial charge in [0.2, 0.25) is 0 Å². The van der Waals surface area contributed by atoms with Crippen molar-refractivity contribution in [3.8, 4) is 11.5 Å². The Balaban J connectivity index is 2.12. The quantitative estimate of drug-likeness (QED) is 0.898. The Kier molecular flexibility index (Phi) is 4.77. The molecule has 0 aliphatic heterocycles. The van der Waals surface area contributed by atoms with Crippen LogP contribution in [0.5, 0.6) is 11.5 Å². The second-order valence-electron chi connectivity index (χ2n) is 6.33. The molecule has 0 spiro atoms. The zero-order valence-corrected chi connectivity index (χ0v) is 14.1. The van der Waals surface area contributed by atoms with E-state index in [0.29, 0.717) is 11.5 Å². The van der Waals surface area contributed by atoms with Crippen LogP contribution >= 0.6 is 0 Å². The highest BCUT2D eigenvalue weighted by molar-refractivity contribution is 5.43. The van der Waals surface area contributed by atoms with Gasteiger partial charge < -0.3 is 10.2 Å². The third-order valence-electron chi connectivity index (χ3n) is 4.01. The number of phenolic OH excluding ortho intramolecular Hbond substituents is 2. The summed E-state index contributed by atoms with van der Waals surface area (Å²) in [5.74, 6) is 0.771. The Labute approximate surface area is 132 Å². The van der Waals surface area contributed by atoms with Crippen LogP contribution in [0.2, 0.25) is 0 Å². The van der Waals surface area contributed by atoms with E-state index in [4.69, 9.17) is 0 Å². The van der Waals surface area contributed by atoms with Gasteiger partial charge in [0.25, 0.3) is 0 Å². The van der Waals surface area contributed by atoms with Crippen molar-refractivity contribution in [2.75, 3.05) is 7.05 Å². The summed E-state index contributed by atoms with van der Waals surface area (Å²) in [4.78, 5) is 2.23. The van der Waals surface area contributed by atoms with E-state index in [1.807, 2.05) is 52.0 Å². The van der Waals surface area contributed by atoms with E-state index in [9.17, 15) is 10.2 Å². The molecule has 0 saturated carbocycles. The van der Waals surface area contributed by atoms with E-state index in [1.165, 1.54) is 11.1 Å². The lowest BCUT2D eigenvalue weighted by molar-refractivity contribution is 0.318. The number of rotatable bonds is 4.